The first kappa shape index (κ1) is 16.2. The molecule has 4 nitrogen and oxygen atoms in total. The molecule has 0 aliphatic heterocycles. The molecule has 0 aliphatic rings. The minimum Gasteiger partial charge on any atom is -0.491 e. The van der Waals surface area contributed by atoms with E-state index in [9.17, 15) is 4.79 Å². The fourth-order valence-corrected chi connectivity index (χ4v) is 1.66. The SMILES string of the molecule is COCCOc1cc(C(C)(C)C)ccc1C=CC(=O)O. The molecule has 0 saturated carbocycles. The Kier molecular flexibility index (Phi) is 5.77. The maximum atomic E-state index is 10.6. The number of hydrogen-bond acceptors (Lipinski definition) is 3. The summed E-state index contributed by atoms with van der Waals surface area (Å²) >= 11 is 0. The highest BCUT2D eigenvalue weighted by atomic mass is 16.5. The van der Waals surface area contributed by atoms with Crippen LogP contribution in [0.3, 0.4) is 0 Å². The number of carboxylic acid groups (broad SMARTS) is 1. The van der Waals surface area contributed by atoms with E-state index in [1.807, 2.05) is 18.2 Å². The lowest BCUT2D eigenvalue weighted by atomic mass is 9.86. The molecule has 0 aromatic heterocycles. The Labute approximate surface area is 120 Å². The number of rotatable bonds is 6. The van der Waals surface area contributed by atoms with E-state index >= 15 is 0 Å². The summed E-state index contributed by atoms with van der Waals surface area (Å²) in [6, 6.07) is 5.82. The van der Waals surface area contributed by atoms with Crippen LogP contribution >= 0.6 is 0 Å². The van der Waals surface area contributed by atoms with Crippen LogP contribution in [0.25, 0.3) is 6.08 Å². The Morgan fingerprint density at radius 2 is 2.00 bits per heavy atom. The molecule has 0 unspecified atom stereocenters. The third-order valence-corrected chi connectivity index (χ3v) is 2.83. The van der Waals surface area contributed by atoms with Crippen molar-refractivity contribution in [1.29, 1.82) is 0 Å². The molecule has 0 atom stereocenters. The lowest BCUT2D eigenvalue weighted by Gasteiger charge is -2.21. The zero-order chi connectivity index (χ0) is 15.2. The predicted octanol–water partition coefficient (Wildman–Crippen LogP) is 3.11. The Balaban J connectivity index is 3.06. The van der Waals surface area contributed by atoms with E-state index in [0.29, 0.717) is 19.0 Å². The molecule has 0 aliphatic carbocycles. The second-order valence-corrected chi connectivity index (χ2v) is 5.52. The summed E-state index contributed by atoms with van der Waals surface area (Å²) in [5.74, 6) is -0.306. The molecular formula is C16H22O4. The van der Waals surface area contributed by atoms with Crippen LogP contribution in [0.2, 0.25) is 0 Å². The summed E-state index contributed by atoms with van der Waals surface area (Å²) in [5, 5.41) is 8.72. The van der Waals surface area contributed by atoms with Gasteiger partial charge in [0.1, 0.15) is 12.4 Å². The molecule has 0 saturated heterocycles. The normalized spacial score (nSPS) is 11.8. The zero-order valence-electron chi connectivity index (χ0n) is 12.5. The molecule has 0 spiro atoms. The van der Waals surface area contributed by atoms with Crippen LogP contribution in [0, 0.1) is 0 Å². The maximum absolute atomic E-state index is 10.6. The van der Waals surface area contributed by atoms with Crippen molar-refractivity contribution in [1.82, 2.24) is 0 Å². The van der Waals surface area contributed by atoms with Crippen molar-refractivity contribution in [3.8, 4) is 5.75 Å². The van der Waals surface area contributed by atoms with Gasteiger partial charge in [-0.2, -0.15) is 0 Å². The van der Waals surface area contributed by atoms with Gasteiger partial charge in [-0.15, -0.1) is 0 Å². The first-order valence-corrected chi connectivity index (χ1v) is 6.52. The summed E-state index contributed by atoms with van der Waals surface area (Å²) in [6.45, 7) is 7.27. The second-order valence-electron chi connectivity index (χ2n) is 5.52. The molecule has 1 rings (SSSR count). The van der Waals surface area contributed by atoms with Crippen molar-refractivity contribution < 1.29 is 19.4 Å². The Morgan fingerprint density at radius 3 is 2.55 bits per heavy atom. The largest absolute Gasteiger partial charge is 0.491 e. The fraction of sp³-hybridized carbons (Fsp3) is 0.438. The quantitative estimate of drug-likeness (QED) is 0.641. The lowest BCUT2D eigenvalue weighted by Crippen LogP contribution is -2.12. The molecule has 1 N–H and O–H groups in total. The van der Waals surface area contributed by atoms with E-state index in [1.54, 1.807) is 7.11 Å². The Hall–Kier alpha value is -1.81. The van der Waals surface area contributed by atoms with Gasteiger partial charge < -0.3 is 14.6 Å². The topological polar surface area (TPSA) is 55.8 Å². The molecule has 0 heterocycles. The molecule has 0 radical (unpaired) electrons. The van der Waals surface area contributed by atoms with Crippen molar-refractivity contribution in [2.75, 3.05) is 20.3 Å². The van der Waals surface area contributed by atoms with E-state index < -0.39 is 5.97 Å². The number of ether oxygens (including phenoxy) is 2. The van der Waals surface area contributed by atoms with Gasteiger partial charge in [-0.3, -0.25) is 0 Å². The minimum absolute atomic E-state index is 0.00834. The minimum atomic E-state index is -0.979. The van der Waals surface area contributed by atoms with Crippen LogP contribution < -0.4 is 4.74 Å². The lowest BCUT2D eigenvalue weighted by molar-refractivity contribution is -0.131. The van der Waals surface area contributed by atoms with Crippen LogP contribution in [-0.4, -0.2) is 31.4 Å². The number of carbonyl (C=O) groups is 1. The molecule has 110 valence electrons. The molecule has 0 bridgehead atoms. The van der Waals surface area contributed by atoms with Gasteiger partial charge in [0.15, 0.2) is 0 Å². The Morgan fingerprint density at radius 1 is 1.30 bits per heavy atom. The molecule has 1 aromatic rings. The molecule has 0 fully saturated rings. The van der Waals surface area contributed by atoms with Gasteiger partial charge in [-0.1, -0.05) is 32.9 Å². The van der Waals surface area contributed by atoms with E-state index in [4.69, 9.17) is 14.6 Å². The van der Waals surface area contributed by atoms with Crippen molar-refractivity contribution in [2.45, 2.75) is 26.2 Å². The van der Waals surface area contributed by atoms with Crippen molar-refractivity contribution in [3.63, 3.8) is 0 Å². The summed E-state index contributed by atoms with van der Waals surface area (Å²) in [7, 11) is 1.61. The average Bonchev–Trinajstić information content (AvgIpc) is 2.36. The van der Waals surface area contributed by atoms with Gasteiger partial charge in [0.25, 0.3) is 0 Å². The standard InChI is InChI=1S/C16H22O4/c1-16(2,3)13-7-5-12(6-8-15(17)18)14(11-13)20-10-9-19-4/h5-8,11H,9-10H2,1-4H3,(H,17,18). The summed E-state index contributed by atoms with van der Waals surface area (Å²) < 4.78 is 10.6. The van der Waals surface area contributed by atoms with Crippen molar-refractivity contribution >= 4 is 12.0 Å². The average molecular weight is 278 g/mol. The van der Waals surface area contributed by atoms with Gasteiger partial charge in [0, 0.05) is 18.7 Å². The van der Waals surface area contributed by atoms with Gasteiger partial charge >= 0.3 is 5.97 Å². The number of hydrogen-bond donors (Lipinski definition) is 1. The first-order chi connectivity index (χ1) is 9.34. The van der Waals surface area contributed by atoms with Crippen molar-refractivity contribution in [3.05, 3.63) is 35.4 Å². The van der Waals surface area contributed by atoms with Crippen LogP contribution in [0.4, 0.5) is 0 Å². The van der Waals surface area contributed by atoms with E-state index in [1.165, 1.54) is 6.08 Å². The van der Waals surface area contributed by atoms with Gasteiger partial charge in [-0.25, -0.2) is 4.79 Å². The molecule has 0 amide bonds. The van der Waals surface area contributed by atoms with E-state index in [0.717, 1.165) is 17.2 Å². The highest BCUT2D eigenvalue weighted by Crippen LogP contribution is 2.29. The van der Waals surface area contributed by atoms with Crippen LogP contribution in [0.1, 0.15) is 31.9 Å². The highest BCUT2D eigenvalue weighted by molar-refractivity contribution is 5.85. The van der Waals surface area contributed by atoms with Gasteiger partial charge in [0.05, 0.1) is 6.61 Å². The number of aliphatic carboxylic acids is 1. The number of methoxy groups -OCH3 is 1. The third-order valence-electron chi connectivity index (χ3n) is 2.83. The molecule has 4 heteroatoms. The van der Waals surface area contributed by atoms with Crippen LogP contribution in [0.15, 0.2) is 24.3 Å². The number of benzene rings is 1. The second kappa shape index (κ2) is 7.10. The maximum Gasteiger partial charge on any atom is 0.328 e. The highest BCUT2D eigenvalue weighted by Gasteiger charge is 2.15. The third kappa shape index (κ3) is 5.05. The summed E-state index contributed by atoms with van der Waals surface area (Å²) in [6.07, 6.45) is 2.65. The Bertz CT molecular complexity index is 484. The van der Waals surface area contributed by atoms with Crippen molar-refractivity contribution in [2.24, 2.45) is 0 Å². The molecule has 20 heavy (non-hydrogen) atoms. The van der Waals surface area contributed by atoms with Gasteiger partial charge in [0.2, 0.25) is 0 Å². The van der Waals surface area contributed by atoms with Gasteiger partial charge in [-0.05, 0) is 23.1 Å². The van der Waals surface area contributed by atoms with E-state index in [-0.39, 0.29) is 5.41 Å². The summed E-state index contributed by atoms with van der Waals surface area (Å²) in [5.41, 5.74) is 1.89. The van der Waals surface area contributed by atoms with E-state index in [2.05, 4.69) is 20.8 Å². The smallest absolute Gasteiger partial charge is 0.328 e. The van der Waals surface area contributed by atoms with Crippen LogP contribution in [-0.2, 0) is 14.9 Å². The molecule has 1 aromatic carbocycles. The monoisotopic (exact) mass is 278 g/mol. The van der Waals surface area contributed by atoms with Crippen LogP contribution in [0.5, 0.6) is 5.75 Å². The number of carboxylic acids is 1. The first-order valence-electron chi connectivity index (χ1n) is 6.52. The summed E-state index contributed by atoms with van der Waals surface area (Å²) in [4.78, 5) is 10.6. The zero-order valence-corrected chi connectivity index (χ0v) is 12.5. The predicted molar refractivity (Wildman–Crippen MR) is 79.2 cm³/mol. The molecular weight excluding hydrogens is 256 g/mol. The fourth-order valence-electron chi connectivity index (χ4n) is 1.66.